The summed E-state index contributed by atoms with van der Waals surface area (Å²) in [6.07, 6.45) is 3.88. The Balaban J connectivity index is 1.60. The Kier molecular flexibility index (Phi) is 7.18. The van der Waals surface area contributed by atoms with Crippen molar-refractivity contribution in [1.29, 1.82) is 5.26 Å². The van der Waals surface area contributed by atoms with Crippen molar-refractivity contribution in [3.05, 3.63) is 71.0 Å². The Morgan fingerprint density at radius 3 is 2.55 bits per heavy atom. The Bertz CT molecular complexity index is 1110. The van der Waals surface area contributed by atoms with Gasteiger partial charge in [0.15, 0.2) is 0 Å². The third kappa shape index (κ3) is 4.84. The molecule has 33 heavy (non-hydrogen) atoms. The zero-order valence-electron chi connectivity index (χ0n) is 19.0. The van der Waals surface area contributed by atoms with Crippen LogP contribution in [0.5, 0.6) is 0 Å². The van der Waals surface area contributed by atoms with Gasteiger partial charge in [0.1, 0.15) is 11.1 Å². The largest absolute Gasteiger partial charge is 0.381 e. The molecule has 2 aromatic rings. The summed E-state index contributed by atoms with van der Waals surface area (Å²) in [4.78, 5) is 0. The Hall–Kier alpha value is -2.27. The number of ether oxygens (including phenoxy) is 1. The monoisotopic (exact) mass is 470 g/mol. The van der Waals surface area contributed by atoms with Gasteiger partial charge in [-0.2, -0.15) is 9.57 Å². The van der Waals surface area contributed by atoms with E-state index in [0.29, 0.717) is 38.0 Å². The quantitative estimate of drug-likeness (QED) is 0.579. The molecule has 0 bridgehead atoms. The van der Waals surface area contributed by atoms with Crippen molar-refractivity contribution in [1.82, 2.24) is 4.31 Å². The number of nitriles is 1. The molecule has 2 saturated heterocycles. The number of nitrogens with zero attached hydrogens (tertiary/aromatic N) is 2. The lowest BCUT2D eigenvalue weighted by Gasteiger charge is -2.38. The molecule has 5 nitrogen and oxygen atoms in total. The van der Waals surface area contributed by atoms with Gasteiger partial charge in [-0.15, -0.1) is 0 Å². The van der Waals surface area contributed by atoms with Crippen LogP contribution in [0.25, 0.3) is 0 Å². The average Bonchev–Trinajstić information content (AvgIpc) is 2.82. The summed E-state index contributed by atoms with van der Waals surface area (Å²) in [7, 11) is -3.62. The molecule has 2 aliphatic heterocycles. The molecule has 0 unspecified atom stereocenters. The molecular weight excluding hydrogens is 439 g/mol. The van der Waals surface area contributed by atoms with Crippen LogP contribution in [0.15, 0.2) is 48.5 Å². The first kappa shape index (κ1) is 23.9. The molecular formula is C26H31FN2O3S. The van der Waals surface area contributed by atoms with Crippen molar-refractivity contribution in [2.45, 2.75) is 68.7 Å². The predicted octanol–water partition coefficient (Wildman–Crippen LogP) is 5.23. The van der Waals surface area contributed by atoms with E-state index in [1.54, 1.807) is 12.1 Å². The molecule has 0 radical (unpaired) electrons. The molecule has 0 N–H and O–H groups in total. The first-order valence-electron chi connectivity index (χ1n) is 11.7. The van der Waals surface area contributed by atoms with Gasteiger partial charge in [-0.05, 0) is 56.2 Å². The summed E-state index contributed by atoms with van der Waals surface area (Å²) in [5.41, 5.74) is 1.77. The maximum atomic E-state index is 15.3. The van der Waals surface area contributed by atoms with Crippen LogP contribution in [0.4, 0.5) is 4.39 Å². The van der Waals surface area contributed by atoms with Gasteiger partial charge in [0, 0.05) is 43.2 Å². The highest BCUT2D eigenvalue weighted by Crippen LogP contribution is 2.41. The van der Waals surface area contributed by atoms with E-state index in [9.17, 15) is 8.42 Å². The van der Waals surface area contributed by atoms with Gasteiger partial charge >= 0.3 is 0 Å². The molecule has 0 aromatic heterocycles. The number of halogens is 1. The van der Waals surface area contributed by atoms with Gasteiger partial charge in [0.25, 0.3) is 0 Å². The number of hydrogen-bond acceptors (Lipinski definition) is 4. The zero-order valence-corrected chi connectivity index (χ0v) is 19.9. The zero-order chi connectivity index (χ0) is 23.5. The number of rotatable bonds is 6. The SMILES string of the molecule is C[C@H]1CC[C@H](c2ccccc2)S(=O)(=O)N1Cc1ccc(C2(CCC#N)CCOCC2)cc1F. The third-order valence-corrected chi connectivity index (χ3v) is 9.72. The highest BCUT2D eigenvalue weighted by atomic mass is 32.2. The van der Waals surface area contributed by atoms with Crippen LogP contribution in [-0.4, -0.2) is 32.0 Å². The molecule has 7 heteroatoms. The van der Waals surface area contributed by atoms with Crippen molar-refractivity contribution in [3.63, 3.8) is 0 Å². The molecule has 0 aliphatic carbocycles. The number of hydrogen-bond donors (Lipinski definition) is 0. The summed E-state index contributed by atoms with van der Waals surface area (Å²) in [5, 5.41) is 8.50. The molecule has 0 spiro atoms. The molecule has 2 atom stereocenters. The van der Waals surface area contributed by atoms with Crippen LogP contribution in [0.3, 0.4) is 0 Å². The Labute approximate surface area is 196 Å². The van der Waals surface area contributed by atoms with Gasteiger partial charge in [0.05, 0.1) is 6.07 Å². The topological polar surface area (TPSA) is 70.4 Å². The normalized spacial score (nSPS) is 24.8. The third-order valence-electron chi connectivity index (χ3n) is 7.35. The maximum absolute atomic E-state index is 15.3. The second-order valence-corrected chi connectivity index (χ2v) is 11.3. The maximum Gasteiger partial charge on any atom is 0.221 e. The summed E-state index contributed by atoms with van der Waals surface area (Å²) >= 11 is 0. The summed E-state index contributed by atoms with van der Waals surface area (Å²) in [5.74, 6) is -0.389. The van der Waals surface area contributed by atoms with Crippen LogP contribution in [-0.2, 0) is 26.7 Å². The van der Waals surface area contributed by atoms with E-state index in [0.717, 1.165) is 30.4 Å². The van der Waals surface area contributed by atoms with Crippen LogP contribution in [0, 0.1) is 17.1 Å². The predicted molar refractivity (Wildman–Crippen MR) is 125 cm³/mol. The average molecular weight is 471 g/mol. The highest BCUT2D eigenvalue weighted by molar-refractivity contribution is 7.89. The molecule has 2 heterocycles. The van der Waals surface area contributed by atoms with E-state index in [-0.39, 0.29) is 23.8 Å². The van der Waals surface area contributed by atoms with E-state index >= 15 is 4.39 Å². The van der Waals surface area contributed by atoms with E-state index in [1.165, 1.54) is 4.31 Å². The fraction of sp³-hybridized carbons (Fsp3) is 0.500. The van der Waals surface area contributed by atoms with E-state index in [2.05, 4.69) is 6.07 Å². The lowest BCUT2D eigenvalue weighted by molar-refractivity contribution is 0.0471. The van der Waals surface area contributed by atoms with Crippen molar-refractivity contribution >= 4 is 10.0 Å². The summed E-state index contributed by atoms with van der Waals surface area (Å²) in [6.45, 7) is 3.11. The summed E-state index contributed by atoms with van der Waals surface area (Å²) in [6, 6.07) is 16.5. The first-order valence-corrected chi connectivity index (χ1v) is 13.2. The van der Waals surface area contributed by atoms with Crippen molar-refractivity contribution in [2.75, 3.05) is 13.2 Å². The standard InChI is InChI=1S/C26H31FN2O3S/c1-20-8-11-25(21-6-3-2-4-7-21)33(30,31)29(20)19-22-9-10-23(18-24(22)27)26(12-5-15-28)13-16-32-17-14-26/h2-4,6-7,9-10,18,20,25H,5,8,11-14,16-17,19H2,1H3/t20-,25+/m0/s1. The van der Waals surface area contributed by atoms with Crippen molar-refractivity contribution < 1.29 is 17.5 Å². The van der Waals surface area contributed by atoms with Crippen LogP contribution < -0.4 is 0 Å². The van der Waals surface area contributed by atoms with E-state index in [4.69, 9.17) is 10.00 Å². The second-order valence-electron chi connectivity index (χ2n) is 9.27. The minimum Gasteiger partial charge on any atom is -0.381 e. The number of sulfonamides is 1. The van der Waals surface area contributed by atoms with Crippen LogP contribution >= 0.6 is 0 Å². The van der Waals surface area contributed by atoms with Gasteiger partial charge in [-0.1, -0.05) is 42.5 Å². The minimum absolute atomic E-state index is 0.0211. The fourth-order valence-electron chi connectivity index (χ4n) is 5.27. The van der Waals surface area contributed by atoms with Gasteiger partial charge in [-0.25, -0.2) is 12.8 Å². The van der Waals surface area contributed by atoms with E-state index < -0.39 is 15.3 Å². The van der Waals surface area contributed by atoms with Gasteiger partial charge in [-0.3, -0.25) is 0 Å². The molecule has 2 fully saturated rings. The molecule has 2 aromatic carbocycles. The molecule has 0 amide bonds. The first-order chi connectivity index (χ1) is 15.9. The minimum atomic E-state index is -3.62. The Morgan fingerprint density at radius 1 is 1.15 bits per heavy atom. The summed E-state index contributed by atoms with van der Waals surface area (Å²) < 4.78 is 49.3. The highest BCUT2D eigenvalue weighted by Gasteiger charge is 2.41. The van der Waals surface area contributed by atoms with Crippen LogP contribution in [0.2, 0.25) is 0 Å². The van der Waals surface area contributed by atoms with Crippen molar-refractivity contribution in [2.24, 2.45) is 0 Å². The lowest BCUT2D eigenvalue weighted by Crippen LogP contribution is -2.44. The Morgan fingerprint density at radius 2 is 1.88 bits per heavy atom. The van der Waals surface area contributed by atoms with E-state index in [1.807, 2.05) is 43.3 Å². The lowest BCUT2D eigenvalue weighted by atomic mass is 9.71. The van der Waals surface area contributed by atoms with Gasteiger partial charge in [0.2, 0.25) is 10.0 Å². The van der Waals surface area contributed by atoms with Crippen molar-refractivity contribution in [3.8, 4) is 6.07 Å². The fourth-order valence-corrected chi connectivity index (χ4v) is 7.45. The number of benzene rings is 2. The second kappa shape index (κ2) is 9.92. The molecule has 2 aliphatic rings. The smallest absolute Gasteiger partial charge is 0.221 e. The molecule has 0 saturated carbocycles. The molecule has 176 valence electrons. The van der Waals surface area contributed by atoms with Crippen LogP contribution in [0.1, 0.15) is 67.4 Å². The molecule has 4 rings (SSSR count). The van der Waals surface area contributed by atoms with Gasteiger partial charge < -0.3 is 4.74 Å².